The average molecular weight is 440 g/mol. The maximum absolute atomic E-state index is 12.8. The van der Waals surface area contributed by atoms with E-state index in [-0.39, 0.29) is 6.04 Å². The summed E-state index contributed by atoms with van der Waals surface area (Å²) in [5.74, 6) is 2.28. The molecule has 2 aliphatic rings. The SMILES string of the molecule is CCNC(=NCCn1c(C)nc2ccccc21)N1CCN(C(C)C(=O)N2CCCC2)CC1. The van der Waals surface area contributed by atoms with Crippen molar-refractivity contribution in [2.75, 3.05) is 52.4 Å². The highest BCUT2D eigenvalue weighted by molar-refractivity contribution is 5.82. The van der Waals surface area contributed by atoms with Crippen LogP contribution in [0.2, 0.25) is 0 Å². The van der Waals surface area contributed by atoms with Gasteiger partial charge in [-0.15, -0.1) is 0 Å². The number of fused-ring (bicyclic) bond motifs is 1. The number of rotatable bonds is 6. The summed E-state index contributed by atoms with van der Waals surface area (Å²) in [5.41, 5.74) is 2.20. The summed E-state index contributed by atoms with van der Waals surface area (Å²) in [7, 11) is 0. The summed E-state index contributed by atoms with van der Waals surface area (Å²) in [5, 5.41) is 3.45. The molecule has 3 heterocycles. The zero-order chi connectivity index (χ0) is 22.5. The largest absolute Gasteiger partial charge is 0.357 e. The Labute approximate surface area is 191 Å². The Morgan fingerprint density at radius 2 is 1.81 bits per heavy atom. The average Bonchev–Trinajstić information content (AvgIpc) is 3.46. The van der Waals surface area contributed by atoms with Gasteiger partial charge >= 0.3 is 0 Å². The molecule has 0 spiro atoms. The van der Waals surface area contributed by atoms with E-state index in [1.807, 2.05) is 11.0 Å². The van der Waals surface area contributed by atoms with Crippen LogP contribution in [0.1, 0.15) is 32.5 Å². The number of benzene rings is 1. The molecular weight excluding hydrogens is 402 g/mol. The molecule has 0 radical (unpaired) electrons. The van der Waals surface area contributed by atoms with Gasteiger partial charge in [0.2, 0.25) is 5.91 Å². The molecule has 0 aliphatic carbocycles. The molecule has 0 bridgehead atoms. The number of aryl methyl sites for hydroxylation is 1. The minimum atomic E-state index is -0.0349. The number of hydrogen-bond acceptors (Lipinski definition) is 4. The standard InChI is InChI=1S/C24H37N7O/c1-4-25-24(26-11-14-31-20(3)27-21-9-5-6-10-22(21)31)30-17-15-28(16-18-30)19(2)23(32)29-12-7-8-13-29/h5-6,9-10,19H,4,7-8,11-18H2,1-3H3,(H,25,26). The fraction of sp³-hybridized carbons (Fsp3) is 0.625. The van der Waals surface area contributed by atoms with E-state index in [2.05, 4.69) is 63.6 Å². The van der Waals surface area contributed by atoms with Gasteiger partial charge in [0, 0.05) is 52.4 Å². The first-order chi connectivity index (χ1) is 15.6. The third-order valence-corrected chi connectivity index (χ3v) is 6.70. The Hall–Kier alpha value is -2.61. The molecule has 174 valence electrons. The van der Waals surface area contributed by atoms with Crippen LogP contribution in [-0.4, -0.2) is 94.5 Å². The topological polar surface area (TPSA) is 69.0 Å². The summed E-state index contributed by atoms with van der Waals surface area (Å²) < 4.78 is 2.24. The van der Waals surface area contributed by atoms with E-state index in [0.29, 0.717) is 12.5 Å². The number of hydrogen-bond donors (Lipinski definition) is 1. The number of aromatic nitrogens is 2. The lowest BCUT2D eigenvalue weighted by atomic mass is 10.2. The van der Waals surface area contributed by atoms with Crippen LogP contribution >= 0.6 is 0 Å². The van der Waals surface area contributed by atoms with E-state index in [1.54, 1.807) is 0 Å². The lowest BCUT2D eigenvalue weighted by Crippen LogP contribution is -2.57. The van der Waals surface area contributed by atoms with Gasteiger partial charge < -0.3 is 19.7 Å². The maximum Gasteiger partial charge on any atom is 0.239 e. The Bertz CT molecular complexity index is 939. The van der Waals surface area contributed by atoms with Crippen molar-refractivity contribution in [2.24, 2.45) is 4.99 Å². The molecule has 4 rings (SSSR count). The summed E-state index contributed by atoms with van der Waals surface area (Å²) in [6.07, 6.45) is 2.28. The molecule has 1 amide bonds. The van der Waals surface area contributed by atoms with Crippen molar-refractivity contribution in [1.82, 2.24) is 29.6 Å². The molecule has 1 unspecified atom stereocenters. The van der Waals surface area contributed by atoms with Crippen LogP contribution in [0.25, 0.3) is 11.0 Å². The number of piperazine rings is 1. The quantitative estimate of drug-likeness (QED) is 0.550. The predicted octanol–water partition coefficient (Wildman–Crippen LogP) is 1.94. The van der Waals surface area contributed by atoms with Gasteiger partial charge in [0.05, 0.1) is 23.6 Å². The molecule has 1 aromatic heterocycles. The van der Waals surface area contributed by atoms with Crippen LogP contribution < -0.4 is 5.32 Å². The van der Waals surface area contributed by atoms with E-state index in [1.165, 1.54) is 0 Å². The van der Waals surface area contributed by atoms with Crippen LogP contribution in [0.4, 0.5) is 0 Å². The second-order valence-corrected chi connectivity index (χ2v) is 8.77. The normalized spacial score (nSPS) is 19.0. The van der Waals surface area contributed by atoms with Crippen LogP contribution in [-0.2, 0) is 11.3 Å². The molecule has 8 nitrogen and oxygen atoms in total. The highest BCUT2D eigenvalue weighted by Crippen LogP contribution is 2.16. The molecule has 8 heteroatoms. The van der Waals surface area contributed by atoms with Crippen molar-refractivity contribution >= 4 is 22.9 Å². The first kappa shape index (κ1) is 22.6. The van der Waals surface area contributed by atoms with Crippen LogP contribution in [0, 0.1) is 6.92 Å². The predicted molar refractivity (Wildman–Crippen MR) is 129 cm³/mol. The lowest BCUT2D eigenvalue weighted by molar-refractivity contribution is -0.135. The van der Waals surface area contributed by atoms with Crippen molar-refractivity contribution in [2.45, 2.75) is 46.2 Å². The van der Waals surface area contributed by atoms with Crippen LogP contribution in [0.15, 0.2) is 29.3 Å². The van der Waals surface area contributed by atoms with Gasteiger partial charge in [-0.3, -0.25) is 14.7 Å². The highest BCUT2D eigenvalue weighted by atomic mass is 16.2. The number of carbonyl (C=O) groups excluding carboxylic acids is 1. The van der Waals surface area contributed by atoms with E-state index in [4.69, 9.17) is 4.99 Å². The van der Waals surface area contributed by atoms with Crippen molar-refractivity contribution in [3.8, 4) is 0 Å². The second-order valence-electron chi connectivity index (χ2n) is 8.77. The van der Waals surface area contributed by atoms with E-state index < -0.39 is 0 Å². The molecule has 32 heavy (non-hydrogen) atoms. The van der Waals surface area contributed by atoms with Crippen LogP contribution in [0.3, 0.4) is 0 Å². The molecule has 2 aromatic rings. The van der Waals surface area contributed by atoms with Gasteiger partial charge in [-0.25, -0.2) is 4.98 Å². The molecule has 2 fully saturated rings. The molecule has 1 N–H and O–H groups in total. The van der Waals surface area contributed by atoms with Crippen molar-refractivity contribution in [3.63, 3.8) is 0 Å². The van der Waals surface area contributed by atoms with Gasteiger partial charge in [-0.1, -0.05) is 12.1 Å². The van der Waals surface area contributed by atoms with Gasteiger partial charge in [0.15, 0.2) is 5.96 Å². The Morgan fingerprint density at radius 1 is 1.09 bits per heavy atom. The summed E-state index contributed by atoms with van der Waals surface area (Å²) in [4.78, 5) is 29.0. The third kappa shape index (κ3) is 4.90. The molecule has 1 aromatic carbocycles. The highest BCUT2D eigenvalue weighted by Gasteiger charge is 2.30. The number of carbonyl (C=O) groups is 1. The number of imidazole rings is 1. The number of nitrogens with zero attached hydrogens (tertiary/aromatic N) is 6. The van der Waals surface area contributed by atoms with Crippen molar-refractivity contribution < 1.29 is 4.79 Å². The number of para-hydroxylation sites is 2. The fourth-order valence-corrected chi connectivity index (χ4v) is 4.84. The summed E-state index contributed by atoms with van der Waals surface area (Å²) in [6, 6.07) is 8.23. The zero-order valence-corrected chi connectivity index (χ0v) is 19.8. The first-order valence-corrected chi connectivity index (χ1v) is 12.1. The van der Waals surface area contributed by atoms with Crippen LogP contribution in [0.5, 0.6) is 0 Å². The number of likely N-dealkylation sites (tertiary alicyclic amines) is 1. The molecular formula is C24H37N7O. The number of nitrogens with one attached hydrogen (secondary N) is 1. The maximum atomic E-state index is 12.8. The van der Waals surface area contributed by atoms with Crippen molar-refractivity contribution in [1.29, 1.82) is 0 Å². The number of amides is 1. The van der Waals surface area contributed by atoms with Gasteiger partial charge in [-0.05, 0) is 45.7 Å². The Kier molecular flexibility index (Phi) is 7.29. The van der Waals surface area contributed by atoms with Gasteiger partial charge in [0.25, 0.3) is 0 Å². The molecule has 0 saturated carbocycles. The van der Waals surface area contributed by atoms with Crippen molar-refractivity contribution in [3.05, 3.63) is 30.1 Å². The zero-order valence-electron chi connectivity index (χ0n) is 19.8. The first-order valence-electron chi connectivity index (χ1n) is 12.1. The summed E-state index contributed by atoms with van der Waals surface area (Å²) >= 11 is 0. The number of guanidine groups is 1. The van der Waals surface area contributed by atoms with E-state index >= 15 is 0 Å². The van der Waals surface area contributed by atoms with E-state index in [9.17, 15) is 4.79 Å². The molecule has 1 atom stereocenters. The lowest BCUT2D eigenvalue weighted by Gasteiger charge is -2.39. The smallest absolute Gasteiger partial charge is 0.239 e. The van der Waals surface area contributed by atoms with Gasteiger partial charge in [0.1, 0.15) is 5.82 Å². The Balaban J connectivity index is 1.34. The minimum absolute atomic E-state index is 0.0349. The second kappa shape index (κ2) is 10.3. The minimum Gasteiger partial charge on any atom is -0.357 e. The number of aliphatic imine (C=N–C) groups is 1. The van der Waals surface area contributed by atoms with E-state index in [0.717, 1.165) is 88.0 Å². The fourth-order valence-electron chi connectivity index (χ4n) is 4.84. The Morgan fingerprint density at radius 3 is 2.53 bits per heavy atom. The third-order valence-electron chi connectivity index (χ3n) is 6.70. The molecule has 2 aliphatic heterocycles. The van der Waals surface area contributed by atoms with Gasteiger partial charge in [-0.2, -0.15) is 0 Å². The summed E-state index contributed by atoms with van der Waals surface area (Å²) in [6.45, 7) is 14.0. The molecule has 2 saturated heterocycles. The monoisotopic (exact) mass is 439 g/mol.